The first-order valence-electron chi connectivity index (χ1n) is 6.98. The van der Waals surface area contributed by atoms with Crippen molar-refractivity contribution >= 4 is 23.2 Å². The molecule has 4 nitrogen and oxygen atoms in total. The lowest BCUT2D eigenvalue weighted by atomic mass is 10.1. The molecule has 1 aromatic heterocycles. The molecule has 0 saturated carbocycles. The monoisotopic (exact) mass is 317 g/mol. The van der Waals surface area contributed by atoms with Crippen LogP contribution in [-0.4, -0.2) is 19.0 Å². The van der Waals surface area contributed by atoms with Crippen molar-refractivity contribution in [3.63, 3.8) is 0 Å². The third-order valence-corrected chi connectivity index (χ3v) is 4.42. The summed E-state index contributed by atoms with van der Waals surface area (Å²) in [7, 11) is 1.32. The predicted octanol–water partition coefficient (Wildman–Crippen LogP) is 3.64. The Morgan fingerprint density at radius 2 is 1.86 bits per heavy atom. The Morgan fingerprint density at radius 1 is 1.18 bits per heavy atom. The minimum Gasteiger partial charge on any atom is -0.465 e. The molecule has 0 saturated heterocycles. The lowest BCUT2D eigenvalue weighted by molar-refractivity contribution is 0.0600. The number of benzene rings is 1. The number of methoxy groups -OCH3 is 1. The van der Waals surface area contributed by atoms with Gasteiger partial charge in [0.05, 0.1) is 18.7 Å². The fourth-order valence-corrected chi connectivity index (χ4v) is 3.37. The average molecular weight is 317 g/mol. The van der Waals surface area contributed by atoms with Crippen LogP contribution in [0.15, 0.2) is 30.3 Å². The zero-order valence-corrected chi connectivity index (χ0v) is 13.9. The maximum absolute atomic E-state index is 12.3. The molecule has 22 heavy (non-hydrogen) atoms. The van der Waals surface area contributed by atoms with Gasteiger partial charge in [0, 0.05) is 15.3 Å². The smallest absolute Gasteiger partial charge is 0.337 e. The summed E-state index contributed by atoms with van der Waals surface area (Å²) in [4.78, 5) is 26.3. The molecule has 1 atom stereocenters. The van der Waals surface area contributed by atoms with Gasteiger partial charge in [-0.15, -0.1) is 11.3 Å². The summed E-state index contributed by atoms with van der Waals surface area (Å²) in [6.07, 6.45) is 0. The molecule has 0 aliphatic rings. The highest BCUT2D eigenvalue weighted by Crippen LogP contribution is 2.26. The van der Waals surface area contributed by atoms with Crippen LogP contribution in [0.5, 0.6) is 0 Å². The van der Waals surface area contributed by atoms with E-state index < -0.39 is 5.97 Å². The zero-order chi connectivity index (χ0) is 16.3. The molecule has 1 heterocycles. The maximum atomic E-state index is 12.3. The van der Waals surface area contributed by atoms with Crippen molar-refractivity contribution in [3.05, 3.63) is 56.8 Å². The van der Waals surface area contributed by atoms with E-state index in [1.807, 2.05) is 13.8 Å². The van der Waals surface area contributed by atoms with Gasteiger partial charge < -0.3 is 10.1 Å². The van der Waals surface area contributed by atoms with Gasteiger partial charge in [0.15, 0.2) is 0 Å². The van der Waals surface area contributed by atoms with E-state index in [0.29, 0.717) is 11.1 Å². The Bertz CT molecular complexity index is 706. The first kappa shape index (κ1) is 16.2. The Labute approximate surface area is 134 Å². The molecule has 0 spiro atoms. The largest absolute Gasteiger partial charge is 0.465 e. The van der Waals surface area contributed by atoms with Crippen LogP contribution in [0.1, 0.15) is 49.0 Å². The molecule has 116 valence electrons. The molecule has 0 radical (unpaired) electrons. The van der Waals surface area contributed by atoms with Crippen molar-refractivity contribution < 1.29 is 14.3 Å². The zero-order valence-electron chi connectivity index (χ0n) is 13.1. The van der Waals surface area contributed by atoms with Crippen molar-refractivity contribution in [2.45, 2.75) is 26.8 Å². The summed E-state index contributed by atoms with van der Waals surface area (Å²) in [6.45, 7) is 6.06. The lowest BCUT2D eigenvalue weighted by Crippen LogP contribution is -2.27. The Kier molecular flexibility index (Phi) is 4.98. The second kappa shape index (κ2) is 6.75. The molecule has 2 aromatic rings. The van der Waals surface area contributed by atoms with Crippen molar-refractivity contribution in [2.24, 2.45) is 0 Å². The Balaban J connectivity index is 2.15. The van der Waals surface area contributed by atoms with E-state index in [4.69, 9.17) is 0 Å². The minimum absolute atomic E-state index is 0.0840. The number of esters is 1. The van der Waals surface area contributed by atoms with Gasteiger partial charge in [0.2, 0.25) is 0 Å². The predicted molar refractivity (Wildman–Crippen MR) is 87.5 cm³/mol. The van der Waals surface area contributed by atoms with Crippen molar-refractivity contribution in [3.8, 4) is 0 Å². The molecular weight excluding hydrogens is 298 g/mol. The third-order valence-electron chi connectivity index (χ3n) is 3.44. The van der Waals surface area contributed by atoms with Gasteiger partial charge in [-0.05, 0) is 50.6 Å². The fourth-order valence-electron chi connectivity index (χ4n) is 2.34. The summed E-state index contributed by atoms with van der Waals surface area (Å²) in [6, 6.07) is 8.53. The number of nitrogens with one attached hydrogen (secondary N) is 1. The van der Waals surface area contributed by atoms with Gasteiger partial charge in [-0.3, -0.25) is 4.79 Å². The normalized spacial score (nSPS) is 11.8. The van der Waals surface area contributed by atoms with Crippen molar-refractivity contribution in [2.75, 3.05) is 7.11 Å². The number of rotatable bonds is 4. The standard InChI is InChI=1S/C17H19NO3S/c1-10-8-15(12(3)22-10)11(2)18-16(19)13-6-5-7-14(9-13)17(20)21-4/h5-9,11H,1-4H3,(H,18,19)/t11-/m1/s1. The molecule has 2 rings (SSSR count). The number of thiophene rings is 1. The number of ether oxygens (including phenoxy) is 1. The fraction of sp³-hybridized carbons (Fsp3) is 0.294. The first-order chi connectivity index (χ1) is 10.4. The van der Waals surface area contributed by atoms with Crippen molar-refractivity contribution in [1.82, 2.24) is 5.32 Å². The SMILES string of the molecule is COC(=O)c1cccc(C(=O)N[C@H](C)c2cc(C)sc2C)c1. The van der Waals surface area contributed by atoms with Crippen LogP contribution in [0.3, 0.4) is 0 Å². The van der Waals surface area contributed by atoms with Crippen LogP contribution in [0.25, 0.3) is 0 Å². The highest BCUT2D eigenvalue weighted by molar-refractivity contribution is 7.12. The number of hydrogen-bond acceptors (Lipinski definition) is 4. The van der Waals surface area contributed by atoms with Crippen LogP contribution >= 0.6 is 11.3 Å². The second-order valence-electron chi connectivity index (χ2n) is 5.14. The maximum Gasteiger partial charge on any atom is 0.337 e. The van der Waals surface area contributed by atoms with Crippen LogP contribution in [0.2, 0.25) is 0 Å². The highest BCUT2D eigenvalue weighted by atomic mass is 32.1. The summed E-state index contributed by atoms with van der Waals surface area (Å²) in [5.41, 5.74) is 1.93. The molecule has 5 heteroatoms. The number of aryl methyl sites for hydroxylation is 2. The number of hydrogen-bond donors (Lipinski definition) is 1. The van der Waals surface area contributed by atoms with Crippen LogP contribution < -0.4 is 5.32 Å². The van der Waals surface area contributed by atoms with Gasteiger partial charge in [-0.1, -0.05) is 6.07 Å². The molecule has 0 unspecified atom stereocenters. The lowest BCUT2D eigenvalue weighted by Gasteiger charge is -2.14. The topological polar surface area (TPSA) is 55.4 Å². The Hall–Kier alpha value is -2.14. The summed E-state index contributed by atoms with van der Waals surface area (Å²) >= 11 is 1.72. The number of carbonyl (C=O) groups excluding carboxylic acids is 2. The van der Waals surface area contributed by atoms with Crippen LogP contribution in [0, 0.1) is 13.8 Å². The van der Waals surface area contributed by atoms with Gasteiger partial charge >= 0.3 is 5.97 Å². The molecule has 0 bridgehead atoms. The molecule has 1 amide bonds. The number of amides is 1. The molecular formula is C17H19NO3S. The van der Waals surface area contributed by atoms with E-state index in [1.54, 1.807) is 35.6 Å². The van der Waals surface area contributed by atoms with E-state index in [9.17, 15) is 9.59 Å². The quantitative estimate of drug-likeness (QED) is 0.876. The highest BCUT2D eigenvalue weighted by Gasteiger charge is 2.16. The van der Waals surface area contributed by atoms with E-state index >= 15 is 0 Å². The Morgan fingerprint density at radius 3 is 2.45 bits per heavy atom. The van der Waals surface area contributed by atoms with Crippen LogP contribution in [-0.2, 0) is 4.74 Å². The van der Waals surface area contributed by atoms with Crippen LogP contribution in [0.4, 0.5) is 0 Å². The summed E-state index contributed by atoms with van der Waals surface area (Å²) in [5, 5.41) is 2.97. The third kappa shape index (κ3) is 3.54. The molecule has 0 aliphatic carbocycles. The van der Waals surface area contributed by atoms with Crippen molar-refractivity contribution in [1.29, 1.82) is 0 Å². The first-order valence-corrected chi connectivity index (χ1v) is 7.80. The van der Waals surface area contributed by atoms with E-state index in [-0.39, 0.29) is 11.9 Å². The minimum atomic E-state index is -0.452. The van der Waals surface area contributed by atoms with E-state index in [1.165, 1.54) is 16.9 Å². The van der Waals surface area contributed by atoms with Gasteiger partial charge in [0.1, 0.15) is 0 Å². The van der Waals surface area contributed by atoms with E-state index in [2.05, 4.69) is 23.0 Å². The second-order valence-corrected chi connectivity index (χ2v) is 6.60. The number of carbonyl (C=O) groups is 2. The summed E-state index contributed by atoms with van der Waals surface area (Å²) < 4.78 is 4.67. The van der Waals surface area contributed by atoms with Gasteiger partial charge in [-0.25, -0.2) is 4.79 Å². The van der Waals surface area contributed by atoms with E-state index in [0.717, 1.165) is 5.56 Å². The summed E-state index contributed by atoms with van der Waals surface area (Å²) in [5.74, 6) is -0.659. The molecule has 0 fully saturated rings. The average Bonchev–Trinajstić information content (AvgIpc) is 2.85. The van der Waals surface area contributed by atoms with Gasteiger partial charge in [-0.2, -0.15) is 0 Å². The molecule has 1 aromatic carbocycles. The van der Waals surface area contributed by atoms with Gasteiger partial charge in [0.25, 0.3) is 5.91 Å². The molecule has 0 aliphatic heterocycles. The molecule has 1 N–H and O–H groups in total.